The third kappa shape index (κ3) is 3.68. The van der Waals surface area contributed by atoms with E-state index in [2.05, 4.69) is 15.6 Å². The fraction of sp³-hybridized carbons (Fsp3) is 0.235. The number of nitrogens with one attached hydrogen (secondary N) is 2. The summed E-state index contributed by atoms with van der Waals surface area (Å²) in [6.07, 6.45) is 3.51. The van der Waals surface area contributed by atoms with E-state index < -0.39 is 0 Å². The molecule has 7 heteroatoms. The molecule has 1 aliphatic rings. The second-order valence-electron chi connectivity index (χ2n) is 5.33. The summed E-state index contributed by atoms with van der Waals surface area (Å²) in [7, 11) is 0. The van der Waals surface area contributed by atoms with Crippen LogP contribution >= 0.6 is 11.8 Å². The molecule has 0 aliphatic carbocycles. The number of piperazine rings is 1. The van der Waals surface area contributed by atoms with Crippen LogP contribution in [0.1, 0.15) is 10.4 Å². The molecule has 24 heavy (non-hydrogen) atoms. The number of amides is 2. The van der Waals surface area contributed by atoms with E-state index in [4.69, 9.17) is 0 Å². The SMILES string of the molecule is CSc1ccccc1NC(=O)c1ccc(N2CCNC(=O)C2)nc1. The van der Waals surface area contributed by atoms with Crippen LogP contribution in [0.25, 0.3) is 0 Å². The maximum absolute atomic E-state index is 12.4. The van der Waals surface area contributed by atoms with Crippen LogP contribution in [-0.2, 0) is 4.79 Å². The molecule has 2 amide bonds. The van der Waals surface area contributed by atoms with Gasteiger partial charge in [0.1, 0.15) is 5.82 Å². The first-order valence-corrected chi connectivity index (χ1v) is 8.82. The van der Waals surface area contributed by atoms with Crippen molar-refractivity contribution in [1.82, 2.24) is 10.3 Å². The number of benzene rings is 1. The van der Waals surface area contributed by atoms with E-state index in [1.807, 2.05) is 35.4 Å². The zero-order valence-corrected chi connectivity index (χ0v) is 14.1. The molecule has 1 aliphatic heterocycles. The van der Waals surface area contributed by atoms with Crippen molar-refractivity contribution in [3.05, 3.63) is 48.2 Å². The van der Waals surface area contributed by atoms with Gasteiger partial charge in [0.15, 0.2) is 0 Å². The molecule has 0 radical (unpaired) electrons. The molecule has 2 N–H and O–H groups in total. The molecular weight excluding hydrogens is 324 g/mol. The molecule has 3 rings (SSSR count). The second-order valence-corrected chi connectivity index (χ2v) is 6.18. The summed E-state index contributed by atoms with van der Waals surface area (Å²) in [6.45, 7) is 1.61. The highest BCUT2D eigenvalue weighted by molar-refractivity contribution is 7.98. The van der Waals surface area contributed by atoms with E-state index >= 15 is 0 Å². The van der Waals surface area contributed by atoms with Gasteiger partial charge in [-0.15, -0.1) is 11.8 Å². The zero-order valence-electron chi connectivity index (χ0n) is 13.3. The number of hydrogen-bond donors (Lipinski definition) is 2. The minimum atomic E-state index is -0.202. The number of para-hydroxylation sites is 1. The van der Waals surface area contributed by atoms with Crippen LogP contribution in [-0.4, -0.2) is 42.7 Å². The van der Waals surface area contributed by atoms with Gasteiger partial charge in [0, 0.05) is 24.2 Å². The molecule has 1 aromatic carbocycles. The first kappa shape index (κ1) is 16.3. The van der Waals surface area contributed by atoms with Crippen LogP contribution < -0.4 is 15.5 Å². The van der Waals surface area contributed by atoms with Crippen molar-refractivity contribution >= 4 is 35.1 Å². The number of anilines is 2. The summed E-state index contributed by atoms with van der Waals surface area (Å²) >= 11 is 1.58. The van der Waals surface area contributed by atoms with Gasteiger partial charge in [-0.25, -0.2) is 4.98 Å². The largest absolute Gasteiger partial charge is 0.353 e. The molecule has 1 saturated heterocycles. The highest BCUT2D eigenvalue weighted by Gasteiger charge is 2.18. The van der Waals surface area contributed by atoms with Crippen LogP contribution in [0.15, 0.2) is 47.5 Å². The Labute approximate surface area is 144 Å². The number of aromatic nitrogens is 1. The Morgan fingerprint density at radius 2 is 2.12 bits per heavy atom. The zero-order chi connectivity index (χ0) is 16.9. The maximum atomic E-state index is 12.4. The Kier molecular flexibility index (Phi) is 5.00. The van der Waals surface area contributed by atoms with Gasteiger partial charge < -0.3 is 15.5 Å². The van der Waals surface area contributed by atoms with Crippen molar-refractivity contribution in [1.29, 1.82) is 0 Å². The fourth-order valence-electron chi connectivity index (χ4n) is 2.48. The first-order chi connectivity index (χ1) is 11.7. The van der Waals surface area contributed by atoms with Gasteiger partial charge in [-0.1, -0.05) is 12.1 Å². The molecule has 1 aromatic heterocycles. The molecule has 0 bridgehead atoms. The topological polar surface area (TPSA) is 74.3 Å². The maximum Gasteiger partial charge on any atom is 0.257 e. The first-order valence-electron chi connectivity index (χ1n) is 7.59. The lowest BCUT2D eigenvalue weighted by molar-refractivity contribution is -0.120. The normalized spacial score (nSPS) is 14.2. The minimum absolute atomic E-state index is 0.0152. The van der Waals surface area contributed by atoms with Crippen molar-refractivity contribution in [3.8, 4) is 0 Å². The third-order valence-electron chi connectivity index (χ3n) is 3.73. The average molecular weight is 342 g/mol. The number of carbonyl (C=O) groups excluding carboxylic acids is 2. The van der Waals surface area contributed by atoms with Crippen LogP contribution in [0.3, 0.4) is 0 Å². The van der Waals surface area contributed by atoms with Crippen molar-refractivity contribution < 1.29 is 9.59 Å². The van der Waals surface area contributed by atoms with E-state index in [-0.39, 0.29) is 11.8 Å². The van der Waals surface area contributed by atoms with Crippen molar-refractivity contribution in [2.45, 2.75) is 4.90 Å². The van der Waals surface area contributed by atoms with Crippen LogP contribution in [0, 0.1) is 0 Å². The quantitative estimate of drug-likeness (QED) is 0.831. The van der Waals surface area contributed by atoms with E-state index in [9.17, 15) is 9.59 Å². The van der Waals surface area contributed by atoms with Gasteiger partial charge in [0.25, 0.3) is 5.91 Å². The number of hydrogen-bond acceptors (Lipinski definition) is 5. The molecule has 6 nitrogen and oxygen atoms in total. The van der Waals surface area contributed by atoms with Crippen LogP contribution in [0.5, 0.6) is 0 Å². The second kappa shape index (κ2) is 7.35. The average Bonchev–Trinajstić information content (AvgIpc) is 2.62. The summed E-state index contributed by atoms with van der Waals surface area (Å²) in [5, 5.41) is 5.68. The van der Waals surface area contributed by atoms with Crippen molar-refractivity contribution in [2.24, 2.45) is 0 Å². The Hall–Kier alpha value is -2.54. The lowest BCUT2D eigenvalue weighted by Gasteiger charge is -2.27. The minimum Gasteiger partial charge on any atom is -0.353 e. The Morgan fingerprint density at radius 1 is 1.29 bits per heavy atom. The van der Waals surface area contributed by atoms with Crippen LogP contribution in [0.2, 0.25) is 0 Å². The molecule has 0 unspecified atom stereocenters. The molecular formula is C17H18N4O2S. The Morgan fingerprint density at radius 3 is 2.83 bits per heavy atom. The van der Waals surface area contributed by atoms with Crippen molar-refractivity contribution in [3.63, 3.8) is 0 Å². The molecule has 0 spiro atoms. The predicted octanol–water partition coefficient (Wildman–Crippen LogP) is 1.99. The predicted molar refractivity (Wildman–Crippen MR) is 95.6 cm³/mol. The summed E-state index contributed by atoms with van der Waals surface area (Å²) in [5.41, 5.74) is 1.27. The molecule has 0 atom stereocenters. The monoisotopic (exact) mass is 342 g/mol. The summed E-state index contributed by atoms with van der Waals surface area (Å²) in [6, 6.07) is 11.2. The van der Waals surface area contributed by atoms with Gasteiger partial charge in [-0.05, 0) is 30.5 Å². The van der Waals surface area contributed by atoms with E-state index in [1.54, 1.807) is 30.1 Å². The third-order valence-corrected chi connectivity index (χ3v) is 4.52. The van der Waals surface area contributed by atoms with Crippen molar-refractivity contribution in [2.75, 3.05) is 36.1 Å². The summed E-state index contributed by atoms with van der Waals surface area (Å²) in [5.74, 6) is 0.483. The van der Waals surface area contributed by atoms with E-state index in [1.165, 1.54) is 0 Å². The van der Waals surface area contributed by atoms with Crippen LogP contribution in [0.4, 0.5) is 11.5 Å². The van der Waals surface area contributed by atoms with Gasteiger partial charge in [0.2, 0.25) is 5.91 Å². The number of thioether (sulfide) groups is 1. The molecule has 1 fully saturated rings. The summed E-state index contributed by atoms with van der Waals surface area (Å²) in [4.78, 5) is 31.0. The smallest absolute Gasteiger partial charge is 0.257 e. The number of carbonyl (C=O) groups is 2. The van der Waals surface area contributed by atoms with Gasteiger partial charge >= 0.3 is 0 Å². The summed E-state index contributed by atoms with van der Waals surface area (Å²) < 4.78 is 0. The van der Waals surface area contributed by atoms with E-state index in [0.717, 1.165) is 10.6 Å². The van der Waals surface area contributed by atoms with E-state index in [0.29, 0.717) is 31.0 Å². The lowest BCUT2D eigenvalue weighted by Crippen LogP contribution is -2.48. The van der Waals surface area contributed by atoms with Gasteiger partial charge in [-0.2, -0.15) is 0 Å². The number of rotatable bonds is 4. The fourth-order valence-corrected chi connectivity index (χ4v) is 3.04. The van der Waals surface area contributed by atoms with Gasteiger partial charge in [-0.3, -0.25) is 9.59 Å². The standard InChI is InChI=1S/C17H18N4O2S/c1-24-14-5-3-2-4-13(14)20-17(23)12-6-7-15(19-10-12)21-9-8-18-16(22)11-21/h2-7,10H,8-9,11H2,1H3,(H,18,22)(H,20,23). The highest BCUT2D eigenvalue weighted by atomic mass is 32.2. The lowest BCUT2D eigenvalue weighted by atomic mass is 10.2. The molecule has 124 valence electrons. The van der Waals surface area contributed by atoms with Gasteiger partial charge in [0.05, 0.1) is 17.8 Å². The number of nitrogens with zero attached hydrogens (tertiary/aromatic N) is 2. The molecule has 2 aromatic rings. The Balaban J connectivity index is 1.71. The molecule has 0 saturated carbocycles. The highest BCUT2D eigenvalue weighted by Crippen LogP contribution is 2.25. The Bertz CT molecular complexity index is 749. The molecule has 2 heterocycles. The number of pyridine rings is 1.